The van der Waals surface area contributed by atoms with Crippen molar-refractivity contribution in [3.8, 4) is 6.07 Å². The number of carbonyl (C=O) groups excluding carboxylic acids is 2. The summed E-state index contributed by atoms with van der Waals surface area (Å²) in [5.41, 5.74) is 2.96. The van der Waals surface area contributed by atoms with Gasteiger partial charge in [-0.1, -0.05) is 12.1 Å². The number of aryl methyl sites for hydroxylation is 2. The highest BCUT2D eigenvalue weighted by Crippen LogP contribution is 2.28. The van der Waals surface area contributed by atoms with Crippen molar-refractivity contribution in [1.29, 1.82) is 5.26 Å². The van der Waals surface area contributed by atoms with Gasteiger partial charge in [0.05, 0.1) is 12.0 Å². The predicted octanol–water partition coefficient (Wildman–Crippen LogP) is 1.30. The summed E-state index contributed by atoms with van der Waals surface area (Å²) in [7, 11) is 0. The summed E-state index contributed by atoms with van der Waals surface area (Å²) in [6.45, 7) is 4.28. The van der Waals surface area contributed by atoms with E-state index in [0.717, 1.165) is 16.8 Å². The van der Waals surface area contributed by atoms with Crippen LogP contribution in [0.3, 0.4) is 0 Å². The number of hydrogen-bond acceptors (Lipinski definition) is 3. The molecule has 1 aromatic rings. The van der Waals surface area contributed by atoms with Crippen LogP contribution in [0.25, 0.3) is 0 Å². The zero-order chi connectivity index (χ0) is 14.7. The maximum Gasteiger partial charge on any atom is 0.227 e. The molecule has 1 aromatic carbocycles. The maximum atomic E-state index is 12.1. The number of carbonyl (C=O) groups is 2. The summed E-state index contributed by atoms with van der Waals surface area (Å²) in [4.78, 5) is 25.6. The van der Waals surface area contributed by atoms with E-state index in [1.54, 1.807) is 4.90 Å². The molecule has 1 saturated heterocycles. The number of anilines is 1. The van der Waals surface area contributed by atoms with Crippen LogP contribution >= 0.6 is 0 Å². The Morgan fingerprint density at radius 1 is 1.50 bits per heavy atom. The third-order valence-electron chi connectivity index (χ3n) is 3.49. The minimum Gasteiger partial charge on any atom is -0.343 e. The monoisotopic (exact) mass is 271 g/mol. The summed E-state index contributed by atoms with van der Waals surface area (Å²) in [6, 6.07) is 7.79. The summed E-state index contributed by atoms with van der Waals surface area (Å²) in [5, 5.41) is 11.0. The molecule has 2 amide bonds. The standard InChI is InChI=1S/C15H17N3O2/c1-10-3-4-11(2)13(7-10)18-9-12(8-14(18)19)15(20)17-6-5-16/h3-4,7,12H,6,8-9H2,1-2H3,(H,17,20). The fourth-order valence-corrected chi connectivity index (χ4v) is 2.40. The Bertz CT molecular complexity index is 589. The van der Waals surface area contributed by atoms with Gasteiger partial charge in [-0.15, -0.1) is 0 Å². The summed E-state index contributed by atoms with van der Waals surface area (Å²) < 4.78 is 0. The van der Waals surface area contributed by atoms with E-state index in [0.29, 0.717) is 6.54 Å². The highest BCUT2D eigenvalue weighted by molar-refractivity contribution is 6.00. The Morgan fingerprint density at radius 3 is 2.95 bits per heavy atom. The van der Waals surface area contributed by atoms with Crippen molar-refractivity contribution in [2.45, 2.75) is 20.3 Å². The van der Waals surface area contributed by atoms with Gasteiger partial charge in [0.25, 0.3) is 0 Å². The molecule has 0 aromatic heterocycles. The molecule has 1 atom stereocenters. The van der Waals surface area contributed by atoms with E-state index in [9.17, 15) is 9.59 Å². The van der Waals surface area contributed by atoms with Crippen molar-refractivity contribution in [2.75, 3.05) is 18.0 Å². The average Bonchev–Trinajstić information content (AvgIpc) is 2.81. The van der Waals surface area contributed by atoms with Crippen molar-refractivity contribution in [2.24, 2.45) is 5.92 Å². The van der Waals surface area contributed by atoms with Gasteiger partial charge >= 0.3 is 0 Å². The lowest BCUT2D eigenvalue weighted by Crippen LogP contribution is -2.33. The van der Waals surface area contributed by atoms with Gasteiger partial charge in [-0.25, -0.2) is 0 Å². The topological polar surface area (TPSA) is 73.2 Å². The molecule has 5 nitrogen and oxygen atoms in total. The number of nitriles is 1. The molecule has 0 bridgehead atoms. The number of benzene rings is 1. The molecule has 1 unspecified atom stereocenters. The molecule has 20 heavy (non-hydrogen) atoms. The number of hydrogen-bond donors (Lipinski definition) is 1. The molecule has 1 heterocycles. The van der Waals surface area contributed by atoms with Crippen LogP contribution in [0.1, 0.15) is 17.5 Å². The summed E-state index contributed by atoms with van der Waals surface area (Å²) in [5.74, 6) is -0.653. The van der Waals surface area contributed by atoms with Crippen LogP contribution in [0, 0.1) is 31.1 Å². The van der Waals surface area contributed by atoms with E-state index in [4.69, 9.17) is 5.26 Å². The lowest BCUT2D eigenvalue weighted by Gasteiger charge is -2.19. The molecule has 1 aliphatic rings. The highest BCUT2D eigenvalue weighted by Gasteiger charge is 2.35. The molecule has 0 spiro atoms. The van der Waals surface area contributed by atoms with Crippen LogP contribution in [0.15, 0.2) is 18.2 Å². The van der Waals surface area contributed by atoms with Crippen LogP contribution in [0.4, 0.5) is 5.69 Å². The Labute approximate surface area is 118 Å². The van der Waals surface area contributed by atoms with Gasteiger partial charge in [0.1, 0.15) is 6.54 Å². The molecular weight excluding hydrogens is 254 g/mol. The largest absolute Gasteiger partial charge is 0.343 e. The van der Waals surface area contributed by atoms with E-state index < -0.39 is 0 Å². The highest BCUT2D eigenvalue weighted by atomic mass is 16.2. The van der Waals surface area contributed by atoms with Crippen LogP contribution < -0.4 is 10.2 Å². The summed E-state index contributed by atoms with van der Waals surface area (Å²) in [6.07, 6.45) is 0.199. The van der Waals surface area contributed by atoms with Crippen LogP contribution in [-0.2, 0) is 9.59 Å². The first-order chi connectivity index (χ1) is 9.52. The number of rotatable bonds is 3. The van der Waals surface area contributed by atoms with E-state index in [2.05, 4.69) is 5.32 Å². The predicted molar refractivity (Wildman–Crippen MR) is 75.0 cm³/mol. The van der Waals surface area contributed by atoms with Crippen LogP contribution in [0.5, 0.6) is 0 Å². The molecule has 1 aliphatic heterocycles. The van der Waals surface area contributed by atoms with Crippen LogP contribution in [0.2, 0.25) is 0 Å². The number of nitrogens with zero attached hydrogens (tertiary/aromatic N) is 2. The van der Waals surface area contributed by atoms with E-state index in [1.165, 1.54) is 0 Å². The molecule has 5 heteroatoms. The van der Waals surface area contributed by atoms with Gasteiger partial charge < -0.3 is 10.2 Å². The average molecular weight is 271 g/mol. The maximum absolute atomic E-state index is 12.1. The minimum absolute atomic E-state index is 0.0208. The Kier molecular flexibility index (Phi) is 4.04. The first-order valence-corrected chi connectivity index (χ1v) is 6.55. The van der Waals surface area contributed by atoms with E-state index in [1.807, 2.05) is 38.1 Å². The lowest BCUT2D eigenvalue weighted by molar-refractivity contribution is -0.126. The fourth-order valence-electron chi connectivity index (χ4n) is 2.40. The second kappa shape index (κ2) is 5.74. The third kappa shape index (κ3) is 2.80. The third-order valence-corrected chi connectivity index (χ3v) is 3.49. The molecule has 1 fully saturated rings. The quantitative estimate of drug-likeness (QED) is 0.842. The number of nitrogens with one attached hydrogen (secondary N) is 1. The number of amides is 2. The molecule has 2 rings (SSSR count). The first kappa shape index (κ1) is 14.1. The first-order valence-electron chi connectivity index (χ1n) is 6.55. The van der Waals surface area contributed by atoms with Gasteiger partial charge in [-0.2, -0.15) is 5.26 Å². The molecule has 0 saturated carbocycles. The van der Waals surface area contributed by atoms with Gasteiger partial charge in [0, 0.05) is 18.7 Å². The van der Waals surface area contributed by atoms with Crippen LogP contribution in [-0.4, -0.2) is 24.9 Å². The van der Waals surface area contributed by atoms with Crippen molar-refractivity contribution >= 4 is 17.5 Å². The zero-order valence-electron chi connectivity index (χ0n) is 11.6. The van der Waals surface area contributed by atoms with Gasteiger partial charge in [0.2, 0.25) is 11.8 Å². The van der Waals surface area contributed by atoms with Gasteiger partial charge in [0.15, 0.2) is 0 Å². The molecule has 0 aliphatic carbocycles. The smallest absolute Gasteiger partial charge is 0.227 e. The Hall–Kier alpha value is -2.35. The second-order valence-electron chi connectivity index (χ2n) is 5.07. The van der Waals surface area contributed by atoms with Gasteiger partial charge in [-0.05, 0) is 31.0 Å². The van der Waals surface area contributed by atoms with Crippen molar-refractivity contribution < 1.29 is 9.59 Å². The van der Waals surface area contributed by atoms with Crippen molar-refractivity contribution in [3.05, 3.63) is 29.3 Å². The molecule has 104 valence electrons. The molecule has 1 N–H and O–H groups in total. The lowest BCUT2D eigenvalue weighted by atomic mass is 10.1. The zero-order valence-corrected chi connectivity index (χ0v) is 11.6. The summed E-state index contributed by atoms with van der Waals surface area (Å²) >= 11 is 0. The second-order valence-corrected chi connectivity index (χ2v) is 5.07. The normalized spacial score (nSPS) is 17.9. The molecular formula is C15H17N3O2. The SMILES string of the molecule is Cc1ccc(C)c(N2CC(C(=O)NCC#N)CC2=O)c1. The fraction of sp³-hybridized carbons (Fsp3) is 0.400. The van der Waals surface area contributed by atoms with E-state index >= 15 is 0 Å². The Morgan fingerprint density at radius 2 is 2.25 bits per heavy atom. The van der Waals surface area contributed by atoms with Crippen molar-refractivity contribution in [1.82, 2.24) is 5.32 Å². The van der Waals surface area contributed by atoms with Gasteiger partial charge in [-0.3, -0.25) is 9.59 Å². The van der Waals surface area contributed by atoms with Crippen molar-refractivity contribution in [3.63, 3.8) is 0 Å². The minimum atomic E-state index is -0.379. The Balaban J connectivity index is 2.15. The molecule has 0 radical (unpaired) electrons. The van der Waals surface area contributed by atoms with E-state index in [-0.39, 0.29) is 30.7 Å².